The van der Waals surface area contributed by atoms with Gasteiger partial charge in [0.25, 0.3) is 0 Å². The molecule has 4 atom stereocenters. The molecule has 0 saturated heterocycles. The first-order chi connectivity index (χ1) is 10.4. The lowest BCUT2D eigenvalue weighted by Crippen LogP contribution is -1.89. The van der Waals surface area contributed by atoms with Gasteiger partial charge in [-0.2, -0.15) is 0 Å². The number of hydrogen-bond acceptors (Lipinski definition) is 4. The zero-order valence-corrected chi connectivity index (χ0v) is 13.5. The summed E-state index contributed by atoms with van der Waals surface area (Å²) >= 11 is 0. The molecule has 0 aliphatic carbocycles. The summed E-state index contributed by atoms with van der Waals surface area (Å²) in [6, 6.07) is 16.9. The van der Waals surface area contributed by atoms with Gasteiger partial charge in [-0.05, 0) is 11.1 Å². The monoisotopic (exact) mass is 344 g/mol. The van der Waals surface area contributed by atoms with Crippen molar-refractivity contribution in [2.24, 2.45) is 0 Å². The summed E-state index contributed by atoms with van der Waals surface area (Å²) in [6.45, 7) is 0. The molecule has 0 radical (unpaired) electrons. The van der Waals surface area contributed by atoms with Gasteiger partial charge in [-0.25, -0.2) is 0 Å². The molecule has 2 aromatic carbocycles. The average Bonchev–Trinajstić information content (AvgIpc) is 2.55. The standard InChI is InChI=1S/2C7H9O3P/c2*8-7(11(9)10)6-4-2-1-3-5-6/h2*1-5,7-8,11H,(H,9,10). The third kappa shape index (κ3) is 6.24. The topological polar surface area (TPSA) is 115 Å². The molecule has 2 rings (SSSR count). The van der Waals surface area contributed by atoms with Gasteiger partial charge in [-0.1, -0.05) is 60.7 Å². The maximum absolute atomic E-state index is 10.4. The van der Waals surface area contributed by atoms with Gasteiger partial charge in [0, 0.05) is 0 Å². The summed E-state index contributed by atoms with van der Waals surface area (Å²) in [5, 5.41) is 18.2. The smallest absolute Gasteiger partial charge is 0.221 e. The summed E-state index contributed by atoms with van der Waals surface area (Å²) in [7, 11) is -5.72. The second-order valence-corrected chi connectivity index (χ2v) is 6.75. The van der Waals surface area contributed by atoms with Gasteiger partial charge in [-0.15, -0.1) is 0 Å². The van der Waals surface area contributed by atoms with E-state index in [1.54, 1.807) is 60.7 Å². The van der Waals surface area contributed by atoms with Gasteiger partial charge in [0.1, 0.15) is 0 Å². The van der Waals surface area contributed by atoms with Crippen molar-refractivity contribution in [1.82, 2.24) is 0 Å². The second kappa shape index (κ2) is 9.70. The minimum Gasteiger partial charge on any atom is -0.378 e. The number of benzene rings is 2. The fourth-order valence-electron chi connectivity index (χ4n) is 1.56. The van der Waals surface area contributed by atoms with Crippen molar-refractivity contribution in [3.63, 3.8) is 0 Å². The van der Waals surface area contributed by atoms with Crippen LogP contribution in [0.1, 0.15) is 22.8 Å². The Morgan fingerprint density at radius 3 is 1.14 bits per heavy atom. The quantitative estimate of drug-likeness (QED) is 0.633. The van der Waals surface area contributed by atoms with Gasteiger partial charge in [0.2, 0.25) is 16.1 Å². The predicted molar refractivity (Wildman–Crippen MR) is 85.2 cm³/mol. The Bertz CT molecular complexity index is 550. The molecule has 0 spiro atoms. The van der Waals surface area contributed by atoms with E-state index in [0.717, 1.165) is 0 Å². The minimum absolute atomic E-state index is 0.485. The molecule has 4 unspecified atom stereocenters. The highest BCUT2D eigenvalue weighted by Gasteiger charge is 2.11. The van der Waals surface area contributed by atoms with Crippen LogP contribution < -0.4 is 0 Å². The number of hydrogen-bond donors (Lipinski definition) is 4. The molecule has 0 saturated carbocycles. The Labute approximate surface area is 129 Å². The van der Waals surface area contributed by atoms with E-state index in [-0.39, 0.29) is 0 Å². The number of aliphatic hydroxyl groups is 2. The fraction of sp³-hybridized carbons (Fsp3) is 0.143. The molecule has 2 aromatic rings. The Kier molecular flexibility index (Phi) is 8.28. The number of rotatable bonds is 4. The first kappa shape index (κ1) is 18.8. The van der Waals surface area contributed by atoms with E-state index in [9.17, 15) is 9.13 Å². The van der Waals surface area contributed by atoms with Crippen LogP contribution in [0.2, 0.25) is 0 Å². The molecule has 0 fully saturated rings. The maximum Gasteiger partial charge on any atom is 0.221 e. The summed E-state index contributed by atoms with van der Waals surface area (Å²) in [4.78, 5) is 17.1. The zero-order chi connectivity index (χ0) is 16.5. The summed E-state index contributed by atoms with van der Waals surface area (Å²) in [6.07, 6.45) is 0. The van der Waals surface area contributed by atoms with Gasteiger partial charge >= 0.3 is 0 Å². The SMILES string of the molecule is O=[PH](O)C(O)c1ccccc1.O=[PH](O)C(O)c1ccccc1. The molecule has 4 N–H and O–H groups in total. The van der Waals surface area contributed by atoms with Crippen molar-refractivity contribution in [1.29, 1.82) is 0 Å². The van der Waals surface area contributed by atoms with Gasteiger partial charge < -0.3 is 20.0 Å². The first-order valence-corrected chi connectivity index (χ1v) is 9.21. The normalized spacial score (nSPS) is 15.8. The van der Waals surface area contributed by atoms with E-state index in [1.807, 2.05) is 0 Å². The van der Waals surface area contributed by atoms with Crippen molar-refractivity contribution in [3.05, 3.63) is 71.8 Å². The summed E-state index contributed by atoms with van der Waals surface area (Å²) in [5.74, 6) is -2.44. The molecule has 0 aliphatic rings. The van der Waals surface area contributed by atoms with Gasteiger partial charge in [0.15, 0.2) is 11.7 Å². The van der Waals surface area contributed by atoms with E-state index < -0.39 is 27.7 Å². The van der Waals surface area contributed by atoms with Crippen LogP contribution in [0.3, 0.4) is 0 Å². The van der Waals surface area contributed by atoms with Gasteiger partial charge in [0.05, 0.1) is 0 Å². The molecule has 0 aromatic heterocycles. The van der Waals surface area contributed by atoms with E-state index >= 15 is 0 Å². The highest BCUT2D eigenvalue weighted by atomic mass is 31.1. The first-order valence-electron chi connectivity index (χ1n) is 6.35. The Hall–Kier alpha value is -1.26. The molecule has 0 bridgehead atoms. The van der Waals surface area contributed by atoms with Crippen molar-refractivity contribution in [2.45, 2.75) is 11.7 Å². The van der Waals surface area contributed by atoms with E-state index in [1.165, 1.54) is 0 Å². The third-order valence-electron chi connectivity index (χ3n) is 2.70. The molecule has 120 valence electrons. The van der Waals surface area contributed by atoms with Crippen LogP contribution in [0.25, 0.3) is 0 Å². The molecule has 8 heteroatoms. The van der Waals surface area contributed by atoms with E-state index in [0.29, 0.717) is 11.1 Å². The molecular weight excluding hydrogens is 326 g/mol. The van der Waals surface area contributed by atoms with E-state index in [2.05, 4.69) is 0 Å². The molecule has 22 heavy (non-hydrogen) atoms. The Balaban J connectivity index is 0.000000220. The summed E-state index contributed by atoms with van der Waals surface area (Å²) in [5.41, 5.74) is 0.970. The highest BCUT2D eigenvalue weighted by Crippen LogP contribution is 2.34. The molecule has 0 heterocycles. The Morgan fingerprint density at radius 1 is 0.636 bits per heavy atom. The zero-order valence-electron chi connectivity index (χ0n) is 11.5. The lowest BCUT2D eigenvalue weighted by atomic mass is 10.2. The highest BCUT2D eigenvalue weighted by molar-refractivity contribution is 7.38. The minimum atomic E-state index is -2.86. The average molecular weight is 344 g/mol. The van der Waals surface area contributed by atoms with Crippen LogP contribution in [-0.2, 0) is 9.13 Å². The maximum atomic E-state index is 10.4. The second-order valence-electron chi connectivity index (χ2n) is 4.30. The van der Waals surface area contributed by atoms with Crippen LogP contribution in [0.5, 0.6) is 0 Å². The van der Waals surface area contributed by atoms with Crippen molar-refractivity contribution in [3.8, 4) is 0 Å². The van der Waals surface area contributed by atoms with Gasteiger partial charge in [-0.3, -0.25) is 9.13 Å². The Morgan fingerprint density at radius 2 is 0.909 bits per heavy atom. The summed E-state index contributed by atoms with van der Waals surface area (Å²) < 4.78 is 20.9. The van der Waals surface area contributed by atoms with Crippen LogP contribution in [0.4, 0.5) is 0 Å². The van der Waals surface area contributed by atoms with Crippen LogP contribution >= 0.6 is 16.1 Å². The van der Waals surface area contributed by atoms with Crippen LogP contribution in [0.15, 0.2) is 60.7 Å². The molecular formula is C14H18O6P2. The van der Waals surface area contributed by atoms with Crippen LogP contribution in [0, 0.1) is 0 Å². The fourth-order valence-corrected chi connectivity index (χ4v) is 2.51. The van der Waals surface area contributed by atoms with Crippen molar-refractivity contribution in [2.75, 3.05) is 0 Å². The largest absolute Gasteiger partial charge is 0.378 e. The van der Waals surface area contributed by atoms with Crippen molar-refractivity contribution < 1.29 is 29.1 Å². The van der Waals surface area contributed by atoms with Crippen molar-refractivity contribution >= 4 is 16.1 Å². The molecule has 0 aliphatic heterocycles. The molecule has 0 amide bonds. The number of aliphatic hydroxyl groups excluding tert-OH is 2. The lowest BCUT2D eigenvalue weighted by Gasteiger charge is -2.04. The van der Waals surface area contributed by atoms with E-state index in [4.69, 9.17) is 20.0 Å². The predicted octanol–water partition coefficient (Wildman–Crippen LogP) is 2.29. The lowest BCUT2D eigenvalue weighted by molar-refractivity contribution is 0.243. The third-order valence-corrected chi connectivity index (χ3v) is 4.30. The van der Waals surface area contributed by atoms with Crippen LogP contribution in [-0.4, -0.2) is 20.0 Å². The molecule has 6 nitrogen and oxygen atoms in total.